The lowest BCUT2D eigenvalue weighted by Crippen LogP contribution is -2.30. The number of nitrogens with two attached hydrogens (primary N) is 1. The van der Waals surface area contributed by atoms with Crippen LogP contribution < -0.4 is 5.73 Å². The Morgan fingerprint density at radius 1 is 1.53 bits per heavy atom. The number of hydrogen-bond acceptors (Lipinski definition) is 4. The largest absolute Gasteiger partial charge is 0.328 e. The van der Waals surface area contributed by atoms with Crippen molar-refractivity contribution in [2.24, 2.45) is 11.7 Å². The molecule has 1 aliphatic rings. The lowest BCUT2D eigenvalue weighted by Gasteiger charge is -2.28. The number of nitrogens with zero attached hydrogens (tertiary/aromatic N) is 2. The Labute approximate surface area is 108 Å². The maximum Gasteiger partial charge on any atom is 0.0931 e. The normalized spacial score (nSPS) is 20.6. The van der Waals surface area contributed by atoms with E-state index in [9.17, 15) is 0 Å². The molecule has 2 rings (SSSR count). The van der Waals surface area contributed by atoms with E-state index in [2.05, 4.69) is 22.3 Å². The van der Waals surface area contributed by atoms with Crippen LogP contribution >= 0.6 is 11.3 Å². The average Bonchev–Trinajstić information content (AvgIpc) is 2.68. The summed E-state index contributed by atoms with van der Waals surface area (Å²) >= 11 is 1.81. The van der Waals surface area contributed by atoms with Crippen molar-refractivity contribution in [3.8, 4) is 0 Å². The molecule has 1 saturated heterocycles. The molecule has 0 saturated carbocycles. The molecule has 4 heteroatoms. The molecule has 3 nitrogen and oxygen atoms in total. The number of thiazole rings is 1. The van der Waals surface area contributed by atoms with E-state index in [-0.39, 0.29) is 6.04 Å². The molecule has 0 radical (unpaired) electrons. The Morgan fingerprint density at radius 2 is 2.24 bits per heavy atom. The highest BCUT2D eigenvalue weighted by Crippen LogP contribution is 2.23. The van der Waals surface area contributed by atoms with Gasteiger partial charge in [-0.15, -0.1) is 11.3 Å². The van der Waals surface area contributed by atoms with Gasteiger partial charge in [-0.1, -0.05) is 0 Å². The van der Waals surface area contributed by atoms with Gasteiger partial charge in [0.1, 0.15) is 0 Å². The van der Waals surface area contributed by atoms with Gasteiger partial charge in [0.15, 0.2) is 0 Å². The molecule has 0 aromatic carbocycles. The summed E-state index contributed by atoms with van der Waals surface area (Å²) in [6.45, 7) is 4.52. The molecule has 2 N–H and O–H groups in total. The standard InChI is InChI=1S/C13H23N3S/c1-10(14)7-12-9-17-13(15-12)8-11-3-5-16(2)6-4-11/h9-11H,3-8,14H2,1-2H3. The third-order valence-corrected chi connectivity index (χ3v) is 4.35. The molecular weight excluding hydrogens is 230 g/mol. The van der Waals surface area contributed by atoms with E-state index in [0.717, 1.165) is 18.8 Å². The summed E-state index contributed by atoms with van der Waals surface area (Å²) in [6, 6.07) is 0.216. The Bertz CT molecular complexity index is 340. The van der Waals surface area contributed by atoms with Crippen LogP contribution in [0, 0.1) is 5.92 Å². The number of likely N-dealkylation sites (tertiary alicyclic amines) is 1. The summed E-state index contributed by atoms with van der Waals surface area (Å²) in [6.07, 6.45) is 4.71. The van der Waals surface area contributed by atoms with Gasteiger partial charge in [0.05, 0.1) is 10.7 Å². The molecule has 1 aromatic rings. The van der Waals surface area contributed by atoms with E-state index in [0.29, 0.717) is 0 Å². The van der Waals surface area contributed by atoms with Gasteiger partial charge in [-0.3, -0.25) is 0 Å². The fourth-order valence-corrected chi connectivity index (χ4v) is 3.30. The van der Waals surface area contributed by atoms with Crippen molar-refractivity contribution in [3.05, 3.63) is 16.1 Å². The van der Waals surface area contributed by atoms with Crippen molar-refractivity contribution in [3.63, 3.8) is 0 Å². The van der Waals surface area contributed by atoms with Gasteiger partial charge in [0, 0.05) is 24.3 Å². The molecule has 0 spiro atoms. The smallest absolute Gasteiger partial charge is 0.0931 e. The molecular formula is C13H23N3S. The minimum Gasteiger partial charge on any atom is -0.328 e. The van der Waals surface area contributed by atoms with E-state index >= 15 is 0 Å². The van der Waals surface area contributed by atoms with E-state index < -0.39 is 0 Å². The van der Waals surface area contributed by atoms with Gasteiger partial charge in [-0.2, -0.15) is 0 Å². The predicted octanol–water partition coefficient (Wildman–Crippen LogP) is 1.92. The predicted molar refractivity (Wildman–Crippen MR) is 73.4 cm³/mol. The van der Waals surface area contributed by atoms with Crippen LogP contribution in [-0.2, 0) is 12.8 Å². The Kier molecular flexibility index (Phi) is 4.54. The maximum absolute atomic E-state index is 5.79. The highest BCUT2D eigenvalue weighted by molar-refractivity contribution is 7.09. The van der Waals surface area contributed by atoms with Crippen LogP contribution in [0.5, 0.6) is 0 Å². The van der Waals surface area contributed by atoms with Gasteiger partial charge in [0.2, 0.25) is 0 Å². The van der Waals surface area contributed by atoms with Crippen molar-refractivity contribution >= 4 is 11.3 Å². The Balaban J connectivity index is 1.84. The van der Waals surface area contributed by atoms with Gasteiger partial charge >= 0.3 is 0 Å². The summed E-state index contributed by atoms with van der Waals surface area (Å²) < 4.78 is 0. The van der Waals surface area contributed by atoms with E-state index in [1.165, 1.54) is 36.6 Å². The minimum absolute atomic E-state index is 0.216. The van der Waals surface area contributed by atoms with Crippen LogP contribution in [0.1, 0.15) is 30.5 Å². The second kappa shape index (κ2) is 5.94. The topological polar surface area (TPSA) is 42.1 Å². The van der Waals surface area contributed by atoms with Gasteiger partial charge in [-0.25, -0.2) is 4.98 Å². The first-order valence-electron chi connectivity index (χ1n) is 6.51. The monoisotopic (exact) mass is 253 g/mol. The zero-order valence-corrected chi connectivity index (χ0v) is 11.7. The molecule has 2 heterocycles. The van der Waals surface area contributed by atoms with E-state index in [1.807, 2.05) is 6.92 Å². The highest BCUT2D eigenvalue weighted by Gasteiger charge is 2.18. The van der Waals surface area contributed by atoms with Crippen LogP contribution in [0.2, 0.25) is 0 Å². The van der Waals surface area contributed by atoms with Crippen molar-refractivity contribution < 1.29 is 0 Å². The summed E-state index contributed by atoms with van der Waals surface area (Å²) in [4.78, 5) is 7.10. The molecule has 1 atom stereocenters. The molecule has 17 heavy (non-hydrogen) atoms. The van der Waals surface area contributed by atoms with Crippen LogP contribution in [-0.4, -0.2) is 36.1 Å². The highest BCUT2D eigenvalue weighted by atomic mass is 32.1. The minimum atomic E-state index is 0.216. The number of hydrogen-bond donors (Lipinski definition) is 1. The molecule has 1 fully saturated rings. The molecule has 1 aliphatic heterocycles. The van der Waals surface area contributed by atoms with Crippen molar-refractivity contribution in [1.82, 2.24) is 9.88 Å². The van der Waals surface area contributed by atoms with Crippen LogP contribution in [0.3, 0.4) is 0 Å². The van der Waals surface area contributed by atoms with Crippen LogP contribution in [0.25, 0.3) is 0 Å². The van der Waals surface area contributed by atoms with Crippen LogP contribution in [0.4, 0.5) is 0 Å². The molecule has 0 bridgehead atoms. The fourth-order valence-electron chi connectivity index (χ4n) is 2.38. The Morgan fingerprint density at radius 3 is 2.88 bits per heavy atom. The second-order valence-corrected chi connectivity index (χ2v) is 6.31. The summed E-state index contributed by atoms with van der Waals surface area (Å²) in [5, 5.41) is 3.48. The fraction of sp³-hybridized carbons (Fsp3) is 0.769. The quantitative estimate of drug-likeness (QED) is 0.891. The van der Waals surface area contributed by atoms with Gasteiger partial charge < -0.3 is 10.6 Å². The number of piperidine rings is 1. The third kappa shape index (κ3) is 4.05. The van der Waals surface area contributed by atoms with Gasteiger partial charge in [-0.05, 0) is 45.8 Å². The molecule has 0 amide bonds. The third-order valence-electron chi connectivity index (χ3n) is 3.43. The first-order chi connectivity index (χ1) is 8.13. The lowest BCUT2D eigenvalue weighted by molar-refractivity contribution is 0.219. The molecule has 1 unspecified atom stereocenters. The summed E-state index contributed by atoms with van der Waals surface area (Å²) in [5.74, 6) is 0.834. The molecule has 96 valence electrons. The summed E-state index contributed by atoms with van der Waals surface area (Å²) in [7, 11) is 2.21. The van der Waals surface area contributed by atoms with Crippen molar-refractivity contribution in [1.29, 1.82) is 0 Å². The maximum atomic E-state index is 5.79. The van der Waals surface area contributed by atoms with Gasteiger partial charge in [0.25, 0.3) is 0 Å². The van der Waals surface area contributed by atoms with E-state index in [1.54, 1.807) is 11.3 Å². The lowest BCUT2D eigenvalue weighted by atomic mass is 9.94. The zero-order valence-electron chi connectivity index (χ0n) is 10.9. The zero-order chi connectivity index (χ0) is 12.3. The SMILES string of the molecule is CC(N)Cc1csc(CC2CCN(C)CC2)n1. The average molecular weight is 253 g/mol. The number of aromatic nitrogens is 1. The first kappa shape index (κ1) is 13.0. The Hall–Kier alpha value is -0.450. The van der Waals surface area contributed by atoms with Crippen LogP contribution in [0.15, 0.2) is 5.38 Å². The second-order valence-electron chi connectivity index (χ2n) is 5.36. The summed E-state index contributed by atoms with van der Waals surface area (Å²) in [5.41, 5.74) is 6.97. The van der Waals surface area contributed by atoms with E-state index in [4.69, 9.17) is 5.73 Å². The van der Waals surface area contributed by atoms with Crippen molar-refractivity contribution in [2.45, 2.75) is 38.6 Å². The molecule has 1 aromatic heterocycles. The number of rotatable bonds is 4. The van der Waals surface area contributed by atoms with Crippen molar-refractivity contribution in [2.75, 3.05) is 20.1 Å². The first-order valence-corrected chi connectivity index (χ1v) is 7.39. The molecule has 0 aliphatic carbocycles.